The van der Waals surface area contributed by atoms with Crippen molar-refractivity contribution in [2.24, 2.45) is 5.92 Å². The maximum atomic E-state index is 11.1. The van der Waals surface area contributed by atoms with Gasteiger partial charge >= 0.3 is 5.97 Å². The maximum absolute atomic E-state index is 11.1. The SMILES string of the molecule is Cc1ccnc(NCC2CC(O)C2)c1C(=O)O. The van der Waals surface area contributed by atoms with E-state index < -0.39 is 5.97 Å². The first-order valence-electron chi connectivity index (χ1n) is 5.68. The van der Waals surface area contributed by atoms with Crippen molar-refractivity contribution < 1.29 is 15.0 Å². The zero-order chi connectivity index (χ0) is 12.4. The number of aryl methyl sites for hydroxylation is 1. The molecule has 1 saturated carbocycles. The summed E-state index contributed by atoms with van der Waals surface area (Å²) < 4.78 is 0. The number of aliphatic hydroxyl groups excluding tert-OH is 1. The Morgan fingerprint density at radius 1 is 1.59 bits per heavy atom. The van der Waals surface area contributed by atoms with Crippen LogP contribution in [-0.2, 0) is 0 Å². The van der Waals surface area contributed by atoms with Gasteiger partial charge in [0.1, 0.15) is 11.4 Å². The lowest BCUT2D eigenvalue weighted by Crippen LogP contribution is -2.33. The van der Waals surface area contributed by atoms with E-state index in [1.54, 1.807) is 19.2 Å². The summed E-state index contributed by atoms with van der Waals surface area (Å²) in [5.74, 6) is -0.139. The van der Waals surface area contributed by atoms with Crippen molar-refractivity contribution in [1.82, 2.24) is 4.98 Å². The molecule has 0 aromatic carbocycles. The van der Waals surface area contributed by atoms with Crippen LogP contribution in [0.25, 0.3) is 0 Å². The van der Waals surface area contributed by atoms with Crippen LogP contribution in [0.2, 0.25) is 0 Å². The summed E-state index contributed by atoms with van der Waals surface area (Å²) in [6.07, 6.45) is 2.97. The molecule has 0 spiro atoms. The number of nitrogens with one attached hydrogen (secondary N) is 1. The summed E-state index contributed by atoms with van der Waals surface area (Å²) in [6, 6.07) is 1.68. The standard InChI is InChI=1S/C12H16N2O3/c1-7-2-3-13-11(10(7)12(16)17)14-6-8-4-9(15)5-8/h2-3,8-9,15H,4-6H2,1H3,(H,13,14)(H,16,17). The normalized spacial score (nSPS) is 22.9. The van der Waals surface area contributed by atoms with Crippen LogP contribution in [0.5, 0.6) is 0 Å². The summed E-state index contributed by atoms with van der Waals surface area (Å²) in [4.78, 5) is 15.2. The Morgan fingerprint density at radius 2 is 2.29 bits per heavy atom. The summed E-state index contributed by atoms with van der Waals surface area (Å²) in [7, 11) is 0. The third-order valence-corrected chi connectivity index (χ3v) is 3.14. The lowest BCUT2D eigenvalue weighted by atomic mass is 9.82. The minimum Gasteiger partial charge on any atom is -0.478 e. The molecule has 3 N–H and O–H groups in total. The maximum Gasteiger partial charge on any atom is 0.339 e. The number of carboxylic acids is 1. The molecule has 0 atom stereocenters. The average molecular weight is 236 g/mol. The van der Waals surface area contributed by atoms with Gasteiger partial charge in [0.05, 0.1) is 6.10 Å². The van der Waals surface area contributed by atoms with Crippen LogP contribution in [0.4, 0.5) is 5.82 Å². The van der Waals surface area contributed by atoms with Crippen molar-refractivity contribution in [1.29, 1.82) is 0 Å². The molecule has 1 heterocycles. The number of hydrogen-bond donors (Lipinski definition) is 3. The number of rotatable bonds is 4. The quantitative estimate of drug-likeness (QED) is 0.733. The number of aromatic carboxylic acids is 1. The highest BCUT2D eigenvalue weighted by Crippen LogP contribution is 2.27. The van der Waals surface area contributed by atoms with Crippen molar-refractivity contribution in [2.75, 3.05) is 11.9 Å². The molecule has 2 rings (SSSR count). The largest absolute Gasteiger partial charge is 0.478 e. The summed E-state index contributed by atoms with van der Waals surface area (Å²) in [5, 5.41) is 21.3. The molecule has 0 radical (unpaired) electrons. The van der Waals surface area contributed by atoms with E-state index in [4.69, 9.17) is 10.2 Å². The first-order chi connectivity index (χ1) is 8.08. The Hall–Kier alpha value is -1.62. The number of carboxylic acid groups (broad SMARTS) is 1. The highest BCUT2D eigenvalue weighted by molar-refractivity contribution is 5.94. The van der Waals surface area contributed by atoms with E-state index in [0.717, 1.165) is 12.8 Å². The van der Waals surface area contributed by atoms with Gasteiger partial charge in [-0.2, -0.15) is 0 Å². The van der Waals surface area contributed by atoms with Crippen LogP contribution < -0.4 is 5.32 Å². The van der Waals surface area contributed by atoms with Gasteiger partial charge in [0.15, 0.2) is 0 Å². The first-order valence-corrected chi connectivity index (χ1v) is 5.68. The predicted molar refractivity (Wildman–Crippen MR) is 63.2 cm³/mol. The molecule has 0 unspecified atom stereocenters. The lowest BCUT2D eigenvalue weighted by molar-refractivity contribution is 0.0485. The second-order valence-electron chi connectivity index (χ2n) is 4.53. The molecule has 1 fully saturated rings. The number of nitrogens with zero attached hydrogens (tertiary/aromatic N) is 1. The van der Waals surface area contributed by atoms with Crippen LogP contribution in [-0.4, -0.2) is 33.8 Å². The highest BCUT2D eigenvalue weighted by atomic mass is 16.4. The highest BCUT2D eigenvalue weighted by Gasteiger charge is 2.27. The van der Waals surface area contributed by atoms with Gasteiger partial charge in [-0.1, -0.05) is 0 Å². The van der Waals surface area contributed by atoms with Crippen LogP contribution in [0, 0.1) is 12.8 Å². The molecule has 1 aliphatic rings. The molecule has 92 valence electrons. The molecular weight excluding hydrogens is 220 g/mol. The molecule has 1 aliphatic carbocycles. The van der Waals surface area contributed by atoms with Crippen LogP contribution in [0.3, 0.4) is 0 Å². The molecule has 1 aromatic heterocycles. The smallest absolute Gasteiger partial charge is 0.339 e. The van der Waals surface area contributed by atoms with Crippen LogP contribution in [0.15, 0.2) is 12.3 Å². The van der Waals surface area contributed by atoms with Gasteiger partial charge in [-0.05, 0) is 37.3 Å². The second kappa shape index (κ2) is 4.71. The Balaban J connectivity index is 2.05. The average Bonchev–Trinajstić information content (AvgIpc) is 2.22. The van der Waals surface area contributed by atoms with Crippen molar-refractivity contribution in [3.63, 3.8) is 0 Å². The van der Waals surface area contributed by atoms with Gasteiger partial charge in [0, 0.05) is 12.7 Å². The van der Waals surface area contributed by atoms with Crippen molar-refractivity contribution in [2.45, 2.75) is 25.9 Å². The molecule has 0 aliphatic heterocycles. The van der Waals surface area contributed by atoms with Crippen molar-refractivity contribution >= 4 is 11.8 Å². The summed E-state index contributed by atoms with van der Waals surface area (Å²) in [5.41, 5.74) is 0.927. The number of hydrogen-bond acceptors (Lipinski definition) is 4. The summed E-state index contributed by atoms with van der Waals surface area (Å²) >= 11 is 0. The fourth-order valence-corrected chi connectivity index (χ4v) is 2.07. The molecule has 17 heavy (non-hydrogen) atoms. The molecular formula is C12H16N2O3. The van der Waals surface area contributed by atoms with Gasteiger partial charge in [-0.25, -0.2) is 9.78 Å². The van der Waals surface area contributed by atoms with Gasteiger partial charge in [-0.3, -0.25) is 0 Å². The second-order valence-corrected chi connectivity index (χ2v) is 4.53. The Bertz CT molecular complexity index is 428. The Kier molecular flexibility index (Phi) is 3.28. The van der Waals surface area contributed by atoms with Gasteiger partial charge in [0.25, 0.3) is 0 Å². The lowest BCUT2D eigenvalue weighted by Gasteiger charge is -2.31. The van der Waals surface area contributed by atoms with Crippen LogP contribution >= 0.6 is 0 Å². The number of pyridine rings is 1. The first kappa shape index (κ1) is 11.9. The molecule has 1 aromatic rings. The number of anilines is 1. The van der Waals surface area contributed by atoms with Crippen molar-refractivity contribution in [3.8, 4) is 0 Å². The van der Waals surface area contributed by atoms with Gasteiger partial charge in [-0.15, -0.1) is 0 Å². The third kappa shape index (κ3) is 2.55. The molecule has 5 nitrogen and oxygen atoms in total. The van der Waals surface area contributed by atoms with E-state index in [9.17, 15) is 4.79 Å². The Morgan fingerprint density at radius 3 is 2.88 bits per heavy atom. The van der Waals surface area contributed by atoms with E-state index >= 15 is 0 Å². The van der Waals surface area contributed by atoms with E-state index in [-0.39, 0.29) is 11.7 Å². The zero-order valence-corrected chi connectivity index (χ0v) is 9.68. The number of aliphatic hydroxyl groups is 1. The van der Waals surface area contributed by atoms with E-state index in [1.807, 2.05) is 0 Å². The topological polar surface area (TPSA) is 82.5 Å². The van der Waals surface area contributed by atoms with Crippen LogP contribution in [0.1, 0.15) is 28.8 Å². The van der Waals surface area contributed by atoms with Gasteiger partial charge in [0.2, 0.25) is 0 Å². The molecule has 0 amide bonds. The third-order valence-electron chi connectivity index (χ3n) is 3.14. The van der Waals surface area contributed by atoms with Crippen molar-refractivity contribution in [3.05, 3.63) is 23.4 Å². The minimum atomic E-state index is -0.966. The predicted octanol–water partition coefficient (Wildman–Crippen LogP) is 1.27. The van der Waals surface area contributed by atoms with E-state index in [2.05, 4.69) is 10.3 Å². The molecule has 5 heteroatoms. The van der Waals surface area contributed by atoms with Gasteiger partial charge < -0.3 is 15.5 Å². The molecule has 0 bridgehead atoms. The van der Waals surface area contributed by atoms with E-state index in [0.29, 0.717) is 23.8 Å². The number of carbonyl (C=O) groups is 1. The minimum absolute atomic E-state index is 0.189. The van der Waals surface area contributed by atoms with E-state index in [1.165, 1.54) is 0 Å². The zero-order valence-electron chi connectivity index (χ0n) is 9.68. The summed E-state index contributed by atoms with van der Waals surface area (Å²) in [6.45, 7) is 2.41. The Labute approximate surface area is 99.5 Å². The number of aromatic nitrogens is 1. The molecule has 0 saturated heterocycles. The fraction of sp³-hybridized carbons (Fsp3) is 0.500. The fourth-order valence-electron chi connectivity index (χ4n) is 2.07. The monoisotopic (exact) mass is 236 g/mol.